The van der Waals surface area contributed by atoms with E-state index in [1.54, 1.807) is 18.2 Å². The third kappa shape index (κ3) is 6.82. The first-order valence-corrected chi connectivity index (χ1v) is 11.9. The number of rotatable bonds is 8. The molecule has 8 nitrogen and oxygen atoms in total. The van der Waals surface area contributed by atoms with Crippen LogP contribution in [0.2, 0.25) is 15.1 Å². The summed E-state index contributed by atoms with van der Waals surface area (Å²) in [4.78, 5) is 26.3. The normalized spacial score (nSPS) is 15.5. The molecule has 0 saturated carbocycles. The van der Waals surface area contributed by atoms with Gasteiger partial charge in [-0.2, -0.15) is 0 Å². The van der Waals surface area contributed by atoms with Crippen LogP contribution in [0.4, 0.5) is 10.5 Å². The number of methoxy groups -OCH3 is 1. The van der Waals surface area contributed by atoms with Crippen LogP contribution in [0.25, 0.3) is 0 Å². The van der Waals surface area contributed by atoms with E-state index < -0.39 is 12.2 Å². The summed E-state index contributed by atoms with van der Waals surface area (Å²) in [6.45, 7) is 2.54. The molecular formula is C23H27Cl3N4O4. The van der Waals surface area contributed by atoms with Crippen LogP contribution in [0.3, 0.4) is 0 Å². The Hall–Kier alpha value is -2.39. The van der Waals surface area contributed by atoms with Crippen molar-refractivity contribution in [3.8, 4) is 5.75 Å². The number of benzene rings is 2. The van der Waals surface area contributed by atoms with Crippen LogP contribution in [0, 0.1) is 5.92 Å². The van der Waals surface area contributed by atoms with Gasteiger partial charge in [0.05, 0.1) is 33.4 Å². The van der Waals surface area contributed by atoms with E-state index in [-0.39, 0.29) is 5.91 Å². The van der Waals surface area contributed by atoms with Crippen LogP contribution >= 0.6 is 34.8 Å². The van der Waals surface area contributed by atoms with Crippen molar-refractivity contribution in [1.29, 1.82) is 0 Å². The lowest BCUT2D eigenvalue weighted by Gasteiger charge is -2.34. The number of primary amides is 1. The van der Waals surface area contributed by atoms with E-state index in [4.69, 9.17) is 55.7 Å². The Morgan fingerprint density at radius 3 is 2.44 bits per heavy atom. The number of amides is 2. The molecule has 1 heterocycles. The van der Waals surface area contributed by atoms with E-state index in [9.17, 15) is 9.59 Å². The van der Waals surface area contributed by atoms with E-state index in [0.29, 0.717) is 51.1 Å². The molecule has 1 unspecified atom stereocenters. The molecule has 1 aliphatic heterocycles. The third-order valence-corrected chi connectivity index (χ3v) is 6.89. The van der Waals surface area contributed by atoms with E-state index in [1.165, 1.54) is 19.2 Å². The minimum Gasteiger partial charge on any atom is -0.496 e. The predicted molar refractivity (Wildman–Crippen MR) is 134 cm³/mol. The van der Waals surface area contributed by atoms with Crippen molar-refractivity contribution in [3.63, 3.8) is 0 Å². The summed E-state index contributed by atoms with van der Waals surface area (Å²) < 4.78 is 10.6. The number of hydrogen-bond acceptors (Lipinski definition) is 6. The van der Waals surface area contributed by atoms with Crippen LogP contribution in [0.15, 0.2) is 30.3 Å². The second-order valence-corrected chi connectivity index (χ2v) is 9.35. The SMILES string of the molecule is COc1cc(N)c(Cl)cc1C(=O)NCC1CCN(CC(OC(N)=O)c2ccc(Cl)c(Cl)c2)CC1. The fourth-order valence-corrected chi connectivity index (χ4v) is 4.39. The summed E-state index contributed by atoms with van der Waals surface area (Å²) in [6.07, 6.45) is 0.313. The fraction of sp³-hybridized carbons (Fsp3) is 0.391. The molecule has 11 heteroatoms. The van der Waals surface area contributed by atoms with Gasteiger partial charge in [0.15, 0.2) is 0 Å². The van der Waals surface area contributed by atoms with Crippen LogP contribution < -0.4 is 21.5 Å². The average Bonchev–Trinajstić information content (AvgIpc) is 2.81. The maximum atomic E-state index is 12.7. The van der Waals surface area contributed by atoms with E-state index in [2.05, 4.69) is 10.2 Å². The molecule has 0 spiro atoms. The third-order valence-electron chi connectivity index (χ3n) is 5.82. The maximum absolute atomic E-state index is 12.7. The largest absolute Gasteiger partial charge is 0.496 e. The highest BCUT2D eigenvalue weighted by Gasteiger charge is 2.25. The Morgan fingerprint density at radius 1 is 1.12 bits per heavy atom. The zero-order chi connectivity index (χ0) is 24.8. The van der Waals surface area contributed by atoms with Gasteiger partial charge in [0.25, 0.3) is 5.91 Å². The van der Waals surface area contributed by atoms with Crippen molar-refractivity contribution < 1.29 is 19.1 Å². The monoisotopic (exact) mass is 528 g/mol. The highest BCUT2D eigenvalue weighted by molar-refractivity contribution is 6.42. The lowest BCUT2D eigenvalue weighted by molar-refractivity contribution is 0.0633. The van der Waals surface area contributed by atoms with Gasteiger partial charge < -0.3 is 26.3 Å². The number of nitrogens with one attached hydrogen (secondary N) is 1. The highest BCUT2D eigenvalue weighted by Crippen LogP contribution is 2.30. The number of nitrogens with two attached hydrogens (primary N) is 2. The predicted octanol–water partition coefficient (Wildman–Crippen LogP) is 4.52. The summed E-state index contributed by atoms with van der Waals surface area (Å²) >= 11 is 18.2. The second-order valence-electron chi connectivity index (χ2n) is 8.13. The number of nitrogens with zero attached hydrogens (tertiary/aromatic N) is 1. The number of anilines is 1. The summed E-state index contributed by atoms with van der Waals surface area (Å²) in [5.74, 6) is 0.406. The molecule has 5 N–H and O–H groups in total. The van der Waals surface area contributed by atoms with Crippen molar-refractivity contribution >= 4 is 52.5 Å². The quantitative estimate of drug-likeness (QED) is 0.433. The average molecular weight is 530 g/mol. The lowest BCUT2D eigenvalue weighted by atomic mass is 9.96. The van der Waals surface area contributed by atoms with E-state index in [0.717, 1.165) is 31.5 Å². The first kappa shape index (κ1) is 26.2. The molecule has 1 saturated heterocycles. The number of carbonyl (C=O) groups excluding carboxylic acids is 2. The smallest absolute Gasteiger partial charge is 0.405 e. The first-order chi connectivity index (χ1) is 16.2. The van der Waals surface area contributed by atoms with Gasteiger partial charge in [-0.1, -0.05) is 40.9 Å². The number of likely N-dealkylation sites (tertiary alicyclic amines) is 1. The zero-order valence-corrected chi connectivity index (χ0v) is 20.9. The van der Waals surface area contributed by atoms with Crippen LogP contribution in [0.1, 0.15) is 34.9 Å². The molecular weight excluding hydrogens is 503 g/mol. The highest BCUT2D eigenvalue weighted by atomic mass is 35.5. The van der Waals surface area contributed by atoms with Crippen molar-refractivity contribution in [3.05, 3.63) is 56.5 Å². The molecule has 1 atom stereocenters. The second kappa shape index (κ2) is 11.8. The Morgan fingerprint density at radius 2 is 1.82 bits per heavy atom. The van der Waals surface area contributed by atoms with Crippen molar-refractivity contribution in [2.24, 2.45) is 11.7 Å². The molecule has 2 amide bonds. The minimum atomic E-state index is -0.855. The van der Waals surface area contributed by atoms with Crippen molar-refractivity contribution in [2.75, 3.05) is 39.0 Å². The number of hydrogen-bond donors (Lipinski definition) is 3. The summed E-state index contributed by atoms with van der Waals surface area (Å²) in [5.41, 5.74) is 12.5. The fourth-order valence-electron chi connectivity index (χ4n) is 3.92. The molecule has 184 valence electrons. The first-order valence-electron chi connectivity index (χ1n) is 10.7. The van der Waals surface area contributed by atoms with Gasteiger partial charge in [0.2, 0.25) is 0 Å². The molecule has 2 aromatic rings. The number of halogens is 3. The molecule has 1 aliphatic rings. The topological polar surface area (TPSA) is 120 Å². The molecule has 0 aromatic heterocycles. The van der Waals surface area contributed by atoms with Gasteiger partial charge >= 0.3 is 6.09 Å². The minimum absolute atomic E-state index is 0.268. The number of ether oxygens (including phenoxy) is 2. The Balaban J connectivity index is 1.54. The molecule has 1 fully saturated rings. The van der Waals surface area contributed by atoms with Crippen molar-refractivity contribution in [2.45, 2.75) is 18.9 Å². The number of nitrogen functional groups attached to an aromatic ring is 1. The standard InChI is InChI=1S/C23H27Cl3N4O4/c1-33-20-10-19(27)18(26)9-15(20)22(31)29-11-13-4-6-30(7-5-13)12-21(34-23(28)32)14-2-3-16(24)17(25)8-14/h2-3,8-10,13,21H,4-7,11-12,27H2,1H3,(H2,28,32)(H,29,31). The van der Waals surface area contributed by atoms with E-state index in [1.807, 2.05) is 0 Å². The van der Waals surface area contributed by atoms with Crippen molar-refractivity contribution in [1.82, 2.24) is 10.2 Å². The van der Waals surface area contributed by atoms with Crippen LogP contribution in [-0.2, 0) is 4.74 Å². The summed E-state index contributed by atoms with van der Waals surface area (Å²) in [7, 11) is 1.47. The molecule has 3 rings (SSSR count). The van der Waals surface area contributed by atoms with E-state index >= 15 is 0 Å². The van der Waals surface area contributed by atoms with Gasteiger partial charge in [-0.3, -0.25) is 9.69 Å². The number of piperidine rings is 1. The molecule has 0 aliphatic carbocycles. The summed E-state index contributed by atoms with van der Waals surface area (Å²) in [5, 5.41) is 4.06. The van der Waals surface area contributed by atoms with Gasteiger partial charge in [-0.25, -0.2) is 4.79 Å². The molecule has 0 radical (unpaired) electrons. The Kier molecular flexibility index (Phi) is 9.13. The number of carbonyl (C=O) groups is 2. The van der Waals surface area contributed by atoms with Gasteiger partial charge in [-0.05, 0) is 55.6 Å². The van der Waals surface area contributed by atoms with Crippen LogP contribution in [-0.4, -0.2) is 50.2 Å². The maximum Gasteiger partial charge on any atom is 0.405 e. The Labute approximate surface area is 213 Å². The van der Waals surface area contributed by atoms with Gasteiger partial charge in [0, 0.05) is 19.2 Å². The van der Waals surface area contributed by atoms with Crippen LogP contribution in [0.5, 0.6) is 5.75 Å². The molecule has 2 aromatic carbocycles. The van der Waals surface area contributed by atoms with Gasteiger partial charge in [0.1, 0.15) is 11.9 Å². The summed E-state index contributed by atoms with van der Waals surface area (Å²) in [6, 6.07) is 8.15. The lowest BCUT2D eigenvalue weighted by Crippen LogP contribution is -2.41. The van der Waals surface area contributed by atoms with Gasteiger partial charge in [-0.15, -0.1) is 0 Å². The zero-order valence-electron chi connectivity index (χ0n) is 18.7. The molecule has 34 heavy (non-hydrogen) atoms. The molecule has 0 bridgehead atoms. The Bertz CT molecular complexity index is 1050.